The van der Waals surface area contributed by atoms with Crippen molar-refractivity contribution in [1.82, 2.24) is 0 Å². The molecular weight excluding hydrogens is 143 g/mol. The van der Waals surface area contributed by atoms with Gasteiger partial charge in [0.2, 0.25) is 0 Å². The van der Waals surface area contributed by atoms with Gasteiger partial charge in [0.05, 0.1) is 5.09 Å². The van der Waals surface area contributed by atoms with Crippen LogP contribution in [0.5, 0.6) is 0 Å². The van der Waals surface area contributed by atoms with Gasteiger partial charge in [0, 0.05) is 0 Å². The van der Waals surface area contributed by atoms with Crippen LogP contribution in [0.2, 0.25) is 0 Å². The zero-order valence-corrected chi connectivity index (χ0v) is 6.40. The maximum atomic E-state index is 8.33. The fraction of sp³-hybridized carbons (Fsp3) is 0. The van der Waals surface area contributed by atoms with Gasteiger partial charge in [-0.3, -0.25) is 0 Å². The number of carbonyl (C=O) groups excluding carboxylic acids is 1. The van der Waals surface area contributed by atoms with Crippen molar-refractivity contribution in [3.05, 3.63) is 15.3 Å². The summed E-state index contributed by atoms with van der Waals surface area (Å²) < 4.78 is 0. The summed E-state index contributed by atoms with van der Waals surface area (Å²) in [7, 11) is 0. The Morgan fingerprint density at radius 1 is 1.00 bits per heavy atom. The molecule has 0 saturated heterocycles. The second-order valence-electron chi connectivity index (χ2n) is 0.474. The molecule has 0 aromatic heterocycles. The first-order chi connectivity index (χ1) is 3.46. The maximum absolute atomic E-state index is 8.33. The molecular formula is CLi3NO6. The van der Waals surface area contributed by atoms with E-state index in [9.17, 15) is 0 Å². The van der Waals surface area contributed by atoms with Crippen LogP contribution in [-0.4, -0.2) is 11.2 Å². The Hall–Kier alpha value is 0.262. The summed E-state index contributed by atoms with van der Waals surface area (Å²) in [5.41, 5.74) is 0. The molecule has 0 spiro atoms. The molecule has 7 nitrogen and oxygen atoms in total. The number of rotatable bonds is 0. The summed E-state index contributed by atoms with van der Waals surface area (Å²) in [5.74, 6) is 0. The van der Waals surface area contributed by atoms with Gasteiger partial charge >= 0.3 is 56.6 Å². The van der Waals surface area contributed by atoms with Crippen molar-refractivity contribution in [2.75, 3.05) is 0 Å². The summed E-state index contributed by atoms with van der Waals surface area (Å²) in [6, 6.07) is 0. The predicted molar refractivity (Wildman–Crippen MR) is 15.8 cm³/mol. The summed E-state index contributed by atoms with van der Waals surface area (Å²) >= 11 is 0. The molecule has 48 valence electrons. The fourth-order valence-corrected chi connectivity index (χ4v) is 0. The van der Waals surface area contributed by atoms with Gasteiger partial charge in [0.15, 0.2) is 0 Å². The third-order valence-corrected chi connectivity index (χ3v) is 0. The average Bonchev–Trinajstić information content (AvgIpc) is 1.25. The van der Waals surface area contributed by atoms with Crippen LogP contribution in [0, 0.1) is 15.3 Å². The maximum Gasteiger partial charge on any atom is 1.00 e. The van der Waals surface area contributed by atoms with E-state index in [1.165, 1.54) is 0 Å². The van der Waals surface area contributed by atoms with E-state index in [0.717, 1.165) is 0 Å². The minimum absolute atomic E-state index is 0. The molecule has 0 aromatic carbocycles. The standard InChI is InChI=1S/CH2O3.3Li.NO3/c2-1(3)4;;;;2-1(3)4/h(H2,2,3,4);;;;/q;3*+1;-1/p-2. The minimum Gasteiger partial charge on any atom is -0.652 e. The molecule has 0 amide bonds. The van der Waals surface area contributed by atoms with Gasteiger partial charge in [-0.05, 0) is 6.16 Å². The first kappa shape index (κ1) is 30.2. The molecule has 0 bridgehead atoms. The molecule has 10 heteroatoms. The number of carboxylic acid groups (broad SMARTS) is 2. The Bertz CT molecular complexity index is 75.8. The van der Waals surface area contributed by atoms with Gasteiger partial charge < -0.3 is 30.3 Å². The molecule has 0 heterocycles. The number of hydrogen-bond donors (Lipinski definition) is 0. The van der Waals surface area contributed by atoms with Crippen molar-refractivity contribution in [2.24, 2.45) is 0 Å². The third-order valence-electron chi connectivity index (χ3n) is 0. The summed E-state index contributed by atoms with van der Waals surface area (Å²) in [4.78, 5) is 16.6. The summed E-state index contributed by atoms with van der Waals surface area (Å²) in [6.07, 6.45) is -2.33. The van der Waals surface area contributed by atoms with E-state index >= 15 is 0 Å². The van der Waals surface area contributed by atoms with E-state index in [1.54, 1.807) is 0 Å². The molecule has 0 atom stereocenters. The number of carbonyl (C=O) groups is 1. The first-order valence-electron chi connectivity index (χ1n) is 1.16. The van der Waals surface area contributed by atoms with Gasteiger partial charge in [-0.2, -0.15) is 0 Å². The molecule has 0 aliphatic carbocycles. The molecule has 0 aliphatic heterocycles. The van der Waals surface area contributed by atoms with Gasteiger partial charge in [0.1, 0.15) is 0 Å². The van der Waals surface area contributed by atoms with Crippen molar-refractivity contribution >= 4 is 6.16 Å². The molecule has 0 fully saturated rings. The van der Waals surface area contributed by atoms with E-state index in [0.29, 0.717) is 0 Å². The number of nitrogens with zero attached hydrogens (tertiary/aromatic N) is 1. The molecule has 0 rings (SSSR count). The fourth-order valence-electron chi connectivity index (χ4n) is 0. The Morgan fingerprint density at radius 2 is 1.00 bits per heavy atom. The topological polar surface area (TPSA) is 129 Å². The Kier molecular flexibility index (Phi) is 61.7. The molecule has 0 N–H and O–H groups in total. The average molecular weight is 143 g/mol. The van der Waals surface area contributed by atoms with Crippen LogP contribution in [0.15, 0.2) is 0 Å². The predicted octanol–water partition coefficient (Wildman–Crippen LogP) is -11.7. The Labute approximate surface area is 97.8 Å². The normalized spacial score (nSPS) is 4.36. The molecule has 0 saturated carbocycles. The largest absolute Gasteiger partial charge is 1.00 e. The second-order valence-corrected chi connectivity index (χ2v) is 0.474. The van der Waals surface area contributed by atoms with E-state index in [2.05, 4.69) is 0 Å². The van der Waals surface area contributed by atoms with Crippen LogP contribution in [-0.2, 0) is 0 Å². The van der Waals surface area contributed by atoms with Crippen LogP contribution in [0.4, 0.5) is 4.79 Å². The molecule has 0 radical (unpaired) electrons. The molecule has 11 heavy (non-hydrogen) atoms. The molecule has 0 unspecified atom stereocenters. The van der Waals surface area contributed by atoms with Crippen LogP contribution in [0.1, 0.15) is 0 Å². The van der Waals surface area contributed by atoms with E-state index in [-0.39, 0.29) is 56.6 Å². The summed E-state index contributed by atoms with van der Waals surface area (Å²) in [5, 5.41) is 31.4. The van der Waals surface area contributed by atoms with Crippen LogP contribution < -0.4 is 66.8 Å². The van der Waals surface area contributed by atoms with Gasteiger partial charge in [0.25, 0.3) is 0 Å². The Morgan fingerprint density at radius 3 is 1.00 bits per heavy atom. The Balaban J connectivity index is -0.0000000171. The zero-order chi connectivity index (χ0) is 7.15. The molecule has 0 aromatic rings. The SMILES string of the molecule is O=C([O-])[O-].O=[N+]([O-])[O-].[Li+].[Li+].[Li+]. The smallest absolute Gasteiger partial charge is 0.652 e. The van der Waals surface area contributed by atoms with E-state index < -0.39 is 11.2 Å². The third kappa shape index (κ3) is 10200. The van der Waals surface area contributed by atoms with Gasteiger partial charge in [-0.1, -0.05) is 0 Å². The van der Waals surface area contributed by atoms with Crippen molar-refractivity contribution in [1.29, 1.82) is 0 Å². The van der Waals surface area contributed by atoms with Crippen molar-refractivity contribution < 1.29 is 76.7 Å². The van der Waals surface area contributed by atoms with Crippen LogP contribution >= 0.6 is 0 Å². The summed E-state index contributed by atoms with van der Waals surface area (Å²) in [6.45, 7) is 0. The van der Waals surface area contributed by atoms with Crippen molar-refractivity contribution in [2.45, 2.75) is 0 Å². The van der Waals surface area contributed by atoms with Crippen LogP contribution in [0.25, 0.3) is 0 Å². The van der Waals surface area contributed by atoms with Crippen molar-refractivity contribution in [3.8, 4) is 0 Å². The minimum atomic E-state index is -2.33. The van der Waals surface area contributed by atoms with Gasteiger partial charge in [-0.15, -0.1) is 0 Å². The second kappa shape index (κ2) is 22.4. The molecule has 0 aliphatic rings. The van der Waals surface area contributed by atoms with E-state index in [1.807, 2.05) is 0 Å². The quantitative estimate of drug-likeness (QED) is 0.188. The number of hydrogen-bond acceptors (Lipinski definition) is 6. The first-order valence-corrected chi connectivity index (χ1v) is 1.16. The van der Waals surface area contributed by atoms with Gasteiger partial charge in [-0.25, -0.2) is 0 Å². The van der Waals surface area contributed by atoms with Crippen LogP contribution in [0.3, 0.4) is 0 Å². The monoisotopic (exact) mass is 143 g/mol. The van der Waals surface area contributed by atoms with E-state index in [4.69, 9.17) is 30.3 Å². The zero-order valence-electron chi connectivity index (χ0n) is 6.40. The van der Waals surface area contributed by atoms with Crippen molar-refractivity contribution in [3.63, 3.8) is 0 Å².